The lowest BCUT2D eigenvalue weighted by Crippen LogP contribution is -2.31. The number of hydrogen-bond donors (Lipinski definition) is 1. The summed E-state index contributed by atoms with van der Waals surface area (Å²) in [5, 5.41) is 12.9. The monoisotopic (exact) mass is 159 g/mol. The van der Waals surface area contributed by atoms with E-state index in [0.717, 1.165) is 12.1 Å². The predicted molar refractivity (Wildman–Crippen MR) is 40.2 cm³/mol. The van der Waals surface area contributed by atoms with Crippen LogP contribution in [-0.2, 0) is 9.57 Å². The van der Waals surface area contributed by atoms with Crippen molar-refractivity contribution in [2.75, 3.05) is 7.11 Å². The van der Waals surface area contributed by atoms with Gasteiger partial charge in [-0.1, -0.05) is 5.16 Å². The Morgan fingerprint density at radius 2 is 2.36 bits per heavy atom. The highest BCUT2D eigenvalue weighted by molar-refractivity contribution is 5.85. The van der Waals surface area contributed by atoms with Crippen LogP contribution in [0.15, 0.2) is 5.16 Å². The molecule has 0 radical (unpaired) electrons. The van der Waals surface area contributed by atoms with Gasteiger partial charge >= 0.3 is 0 Å². The van der Waals surface area contributed by atoms with Crippen molar-refractivity contribution in [1.29, 1.82) is 0 Å². The third kappa shape index (κ3) is 2.48. The third-order valence-electron chi connectivity index (χ3n) is 1.54. The summed E-state index contributed by atoms with van der Waals surface area (Å²) < 4.78 is 5.08. The second-order valence-corrected chi connectivity index (χ2v) is 2.65. The van der Waals surface area contributed by atoms with Gasteiger partial charge in [0.25, 0.3) is 0 Å². The minimum atomic E-state index is -0.715. The second kappa shape index (κ2) is 3.69. The summed E-state index contributed by atoms with van der Waals surface area (Å²) in [5.41, 5.74) is 0.860. The molecule has 0 aromatic rings. The molecule has 2 atom stereocenters. The van der Waals surface area contributed by atoms with Crippen molar-refractivity contribution in [3.63, 3.8) is 0 Å². The zero-order valence-corrected chi connectivity index (χ0v) is 6.78. The maximum Gasteiger partial charge on any atom is 0.160 e. The number of rotatable bonds is 1. The summed E-state index contributed by atoms with van der Waals surface area (Å²) >= 11 is 0. The molecule has 0 bridgehead atoms. The number of aliphatic hydroxyl groups excluding tert-OH is 1. The fourth-order valence-electron chi connectivity index (χ4n) is 1.18. The standard InChI is InChI=1S/C7H13NO3/c1-5-3-6(8-10-2)4-7(9)11-5/h5,7,9H,3-4H2,1-2H3/b8-6+/t5-,7-/m1/s1. The van der Waals surface area contributed by atoms with Crippen molar-refractivity contribution in [2.24, 2.45) is 5.16 Å². The highest BCUT2D eigenvalue weighted by Gasteiger charge is 2.21. The van der Waals surface area contributed by atoms with Crippen LogP contribution in [0.4, 0.5) is 0 Å². The van der Waals surface area contributed by atoms with Crippen molar-refractivity contribution in [1.82, 2.24) is 0 Å². The van der Waals surface area contributed by atoms with Crippen molar-refractivity contribution in [3.8, 4) is 0 Å². The number of aliphatic hydroxyl groups is 1. The van der Waals surface area contributed by atoms with Gasteiger partial charge in [-0.2, -0.15) is 0 Å². The maximum absolute atomic E-state index is 9.12. The highest BCUT2D eigenvalue weighted by Crippen LogP contribution is 2.14. The average Bonchev–Trinajstić information content (AvgIpc) is 1.85. The molecule has 0 aliphatic carbocycles. The van der Waals surface area contributed by atoms with E-state index >= 15 is 0 Å². The van der Waals surface area contributed by atoms with Crippen molar-refractivity contribution >= 4 is 5.71 Å². The quantitative estimate of drug-likeness (QED) is 0.567. The van der Waals surface area contributed by atoms with Crippen LogP contribution in [0.2, 0.25) is 0 Å². The number of nitrogens with zero attached hydrogens (tertiary/aromatic N) is 1. The Balaban J connectivity index is 2.49. The number of oxime groups is 1. The summed E-state index contributed by atoms with van der Waals surface area (Å²) in [5.74, 6) is 0. The van der Waals surface area contributed by atoms with Gasteiger partial charge in [0.15, 0.2) is 6.29 Å². The Morgan fingerprint density at radius 1 is 1.64 bits per heavy atom. The predicted octanol–water partition coefficient (Wildman–Crippen LogP) is 0.506. The van der Waals surface area contributed by atoms with Gasteiger partial charge < -0.3 is 14.7 Å². The van der Waals surface area contributed by atoms with Gasteiger partial charge in [0.05, 0.1) is 11.8 Å². The molecule has 1 heterocycles. The molecule has 0 amide bonds. The second-order valence-electron chi connectivity index (χ2n) is 2.65. The van der Waals surface area contributed by atoms with Crippen LogP contribution in [0.5, 0.6) is 0 Å². The van der Waals surface area contributed by atoms with Gasteiger partial charge in [0.2, 0.25) is 0 Å². The van der Waals surface area contributed by atoms with E-state index in [1.54, 1.807) is 0 Å². The fraction of sp³-hybridized carbons (Fsp3) is 0.857. The molecule has 0 spiro atoms. The van der Waals surface area contributed by atoms with Crippen LogP contribution < -0.4 is 0 Å². The van der Waals surface area contributed by atoms with Crippen LogP contribution in [-0.4, -0.2) is 30.3 Å². The van der Waals surface area contributed by atoms with Gasteiger partial charge in [0.1, 0.15) is 7.11 Å². The lowest BCUT2D eigenvalue weighted by molar-refractivity contribution is -0.133. The van der Waals surface area contributed by atoms with Crippen LogP contribution in [0, 0.1) is 0 Å². The highest BCUT2D eigenvalue weighted by atomic mass is 16.6. The molecule has 4 heteroatoms. The van der Waals surface area contributed by atoms with Crippen molar-refractivity contribution in [3.05, 3.63) is 0 Å². The van der Waals surface area contributed by atoms with Gasteiger partial charge in [-0.25, -0.2) is 0 Å². The molecule has 64 valence electrons. The summed E-state index contributed by atoms with van der Waals surface area (Å²) in [7, 11) is 1.50. The lowest BCUT2D eigenvalue weighted by Gasteiger charge is -2.24. The van der Waals surface area contributed by atoms with Crippen LogP contribution >= 0.6 is 0 Å². The summed E-state index contributed by atoms with van der Waals surface area (Å²) in [4.78, 5) is 4.60. The van der Waals surface area contributed by atoms with Crippen LogP contribution in [0.3, 0.4) is 0 Å². The van der Waals surface area contributed by atoms with Crippen molar-refractivity contribution < 1.29 is 14.7 Å². The fourth-order valence-corrected chi connectivity index (χ4v) is 1.18. The molecule has 1 aliphatic heterocycles. The maximum atomic E-state index is 9.12. The van der Waals surface area contributed by atoms with Crippen LogP contribution in [0.25, 0.3) is 0 Å². The van der Waals surface area contributed by atoms with E-state index in [9.17, 15) is 0 Å². The zero-order chi connectivity index (χ0) is 8.27. The van der Waals surface area contributed by atoms with E-state index in [1.807, 2.05) is 6.92 Å². The third-order valence-corrected chi connectivity index (χ3v) is 1.54. The number of ether oxygens (including phenoxy) is 1. The molecule has 1 rings (SSSR count). The van der Waals surface area contributed by atoms with E-state index in [-0.39, 0.29) is 6.10 Å². The summed E-state index contributed by atoms with van der Waals surface area (Å²) in [6.07, 6.45) is 0.517. The van der Waals surface area contributed by atoms with E-state index < -0.39 is 6.29 Å². The van der Waals surface area contributed by atoms with E-state index in [1.165, 1.54) is 7.11 Å². The molecule has 0 unspecified atom stereocenters. The average molecular weight is 159 g/mol. The molecule has 1 N–H and O–H groups in total. The Labute approximate surface area is 65.8 Å². The Kier molecular flexibility index (Phi) is 2.84. The van der Waals surface area contributed by atoms with Gasteiger partial charge in [-0.05, 0) is 6.92 Å². The van der Waals surface area contributed by atoms with Gasteiger partial charge in [-0.15, -0.1) is 0 Å². The van der Waals surface area contributed by atoms with Crippen molar-refractivity contribution in [2.45, 2.75) is 32.2 Å². The van der Waals surface area contributed by atoms with Gasteiger partial charge in [0, 0.05) is 12.8 Å². The minimum Gasteiger partial charge on any atom is -0.399 e. The van der Waals surface area contributed by atoms with E-state index in [2.05, 4.69) is 9.99 Å². The first kappa shape index (κ1) is 8.49. The molecule has 0 aromatic carbocycles. The smallest absolute Gasteiger partial charge is 0.160 e. The topological polar surface area (TPSA) is 51.0 Å². The largest absolute Gasteiger partial charge is 0.399 e. The lowest BCUT2D eigenvalue weighted by atomic mass is 10.1. The Bertz CT molecular complexity index is 146. The molecule has 0 saturated carbocycles. The first-order valence-electron chi connectivity index (χ1n) is 3.64. The Morgan fingerprint density at radius 3 is 2.91 bits per heavy atom. The van der Waals surface area contributed by atoms with E-state index in [0.29, 0.717) is 6.42 Å². The molecule has 1 aliphatic rings. The molecule has 1 fully saturated rings. The molecule has 11 heavy (non-hydrogen) atoms. The summed E-state index contributed by atoms with van der Waals surface area (Å²) in [6, 6.07) is 0. The normalized spacial score (nSPS) is 35.7. The number of hydrogen-bond acceptors (Lipinski definition) is 4. The first-order valence-corrected chi connectivity index (χ1v) is 3.64. The first-order chi connectivity index (χ1) is 5.22. The van der Waals surface area contributed by atoms with E-state index in [4.69, 9.17) is 9.84 Å². The minimum absolute atomic E-state index is 0.0349. The molecule has 4 nitrogen and oxygen atoms in total. The molecule has 1 saturated heterocycles. The molecular formula is C7H13NO3. The zero-order valence-electron chi connectivity index (χ0n) is 6.78. The van der Waals surface area contributed by atoms with Crippen LogP contribution in [0.1, 0.15) is 19.8 Å². The Hall–Kier alpha value is -0.610. The summed E-state index contributed by atoms with van der Waals surface area (Å²) in [6.45, 7) is 1.90. The molecule has 0 aromatic heterocycles. The van der Waals surface area contributed by atoms with Gasteiger partial charge in [-0.3, -0.25) is 0 Å². The SMILES string of the molecule is CO/N=C1\C[C@@H](C)O[C@@H](O)C1. The molecular weight excluding hydrogens is 146 g/mol.